The molecule has 0 unspecified atom stereocenters. The molecule has 5 nitrogen and oxygen atoms in total. The molecule has 36 heavy (non-hydrogen) atoms. The van der Waals surface area contributed by atoms with Crippen molar-refractivity contribution in [3.8, 4) is 0 Å². The molecular formula is C27H17Cl3N2O3S. The molecule has 1 heterocycles. The Hall–Kier alpha value is -3.16. The summed E-state index contributed by atoms with van der Waals surface area (Å²) >= 11 is 18.3. The molecular weight excluding hydrogens is 539 g/mol. The fraction of sp³-hybridized carbons (Fsp3) is 0.0370. The van der Waals surface area contributed by atoms with E-state index in [2.05, 4.69) is 5.32 Å². The van der Waals surface area contributed by atoms with Crippen LogP contribution >= 0.6 is 34.8 Å². The number of nitrogens with one attached hydrogen (secondary N) is 1. The summed E-state index contributed by atoms with van der Waals surface area (Å²) in [5, 5.41) is 4.07. The van der Waals surface area contributed by atoms with Crippen LogP contribution in [-0.2, 0) is 17.3 Å². The zero-order chi connectivity index (χ0) is 25.4. The first kappa shape index (κ1) is 24.5. The van der Waals surface area contributed by atoms with Crippen molar-refractivity contribution >= 4 is 68.8 Å². The fourth-order valence-electron chi connectivity index (χ4n) is 4.01. The lowest BCUT2D eigenvalue weighted by Gasteiger charge is -2.24. The van der Waals surface area contributed by atoms with Crippen molar-refractivity contribution in [3.05, 3.63) is 117 Å². The molecule has 0 fully saturated rings. The average Bonchev–Trinajstić information content (AvgIpc) is 2.93. The first-order valence-electron chi connectivity index (χ1n) is 10.8. The molecule has 0 aliphatic carbocycles. The Morgan fingerprint density at radius 3 is 2.31 bits per heavy atom. The molecule has 1 atom stereocenters. The number of fused-ring (bicyclic) bond motifs is 2. The van der Waals surface area contributed by atoms with E-state index in [9.17, 15) is 13.8 Å². The molecule has 0 radical (unpaired) electrons. The van der Waals surface area contributed by atoms with Crippen molar-refractivity contribution < 1.29 is 13.8 Å². The van der Waals surface area contributed by atoms with Crippen molar-refractivity contribution in [2.24, 2.45) is 0 Å². The molecule has 4 aromatic rings. The average molecular weight is 556 g/mol. The topological polar surface area (TPSA) is 66.5 Å². The van der Waals surface area contributed by atoms with Gasteiger partial charge < -0.3 is 10.2 Å². The van der Waals surface area contributed by atoms with Gasteiger partial charge in [-0.2, -0.15) is 0 Å². The van der Waals surface area contributed by atoms with Gasteiger partial charge in [0.25, 0.3) is 11.8 Å². The number of hydrogen-bond donors (Lipinski definition) is 1. The van der Waals surface area contributed by atoms with E-state index < -0.39 is 16.7 Å². The molecule has 0 aromatic heterocycles. The summed E-state index contributed by atoms with van der Waals surface area (Å²) in [7, 11) is -1.63. The normalized spacial score (nSPS) is 14.6. The largest absolute Gasteiger partial charge is 0.322 e. The predicted molar refractivity (Wildman–Crippen MR) is 144 cm³/mol. The number of rotatable bonds is 4. The lowest BCUT2D eigenvalue weighted by atomic mass is 10.1. The van der Waals surface area contributed by atoms with Gasteiger partial charge in [-0.25, -0.2) is 4.21 Å². The Kier molecular flexibility index (Phi) is 6.86. The molecule has 9 heteroatoms. The maximum absolute atomic E-state index is 13.7. The maximum Gasteiger partial charge on any atom is 0.259 e. The molecule has 1 N–H and O–H groups in total. The third-order valence-corrected chi connectivity index (χ3v) is 7.80. The highest BCUT2D eigenvalue weighted by Gasteiger charge is 2.31. The van der Waals surface area contributed by atoms with Crippen molar-refractivity contribution in [2.45, 2.75) is 16.3 Å². The number of halogens is 3. The number of anilines is 2. The first-order valence-corrected chi connectivity index (χ1v) is 13.1. The van der Waals surface area contributed by atoms with E-state index in [4.69, 9.17) is 34.8 Å². The van der Waals surface area contributed by atoms with Gasteiger partial charge in [-0.1, -0.05) is 59.1 Å². The van der Waals surface area contributed by atoms with Gasteiger partial charge >= 0.3 is 0 Å². The van der Waals surface area contributed by atoms with E-state index in [1.165, 1.54) is 4.90 Å². The van der Waals surface area contributed by atoms with Gasteiger partial charge in [0.15, 0.2) is 0 Å². The maximum atomic E-state index is 13.7. The molecule has 0 saturated heterocycles. The summed E-state index contributed by atoms with van der Waals surface area (Å²) in [6.07, 6.45) is 0. The van der Waals surface area contributed by atoms with Gasteiger partial charge in [0.1, 0.15) is 0 Å². The first-order chi connectivity index (χ1) is 17.3. The number of benzene rings is 4. The minimum Gasteiger partial charge on any atom is -0.322 e. The summed E-state index contributed by atoms with van der Waals surface area (Å²) in [5.74, 6) is -0.754. The van der Waals surface area contributed by atoms with Crippen LogP contribution in [-0.4, -0.2) is 16.0 Å². The van der Waals surface area contributed by atoms with Crippen molar-refractivity contribution in [3.63, 3.8) is 0 Å². The van der Waals surface area contributed by atoms with Gasteiger partial charge in [0.2, 0.25) is 0 Å². The number of carbonyl (C=O) groups is 2. The summed E-state index contributed by atoms with van der Waals surface area (Å²) in [6.45, 7) is 0.174. The molecule has 0 saturated carbocycles. The minimum absolute atomic E-state index is 0.174. The van der Waals surface area contributed by atoms with E-state index in [0.29, 0.717) is 41.8 Å². The SMILES string of the molecule is O=C(Nc1cc(Cl)cc(Cl)c1)c1ccc2c(c1)N(Cc1cccc(Cl)c1)C(=O)c1ccccc1[S@]2=O. The van der Waals surface area contributed by atoms with Crippen molar-refractivity contribution in [1.29, 1.82) is 0 Å². The van der Waals surface area contributed by atoms with Gasteiger partial charge in [-0.05, 0) is 66.2 Å². The van der Waals surface area contributed by atoms with E-state index in [-0.39, 0.29) is 18.0 Å². The molecule has 4 aromatic carbocycles. The van der Waals surface area contributed by atoms with Crippen LogP contribution < -0.4 is 10.2 Å². The van der Waals surface area contributed by atoms with E-state index >= 15 is 0 Å². The zero-order valence-electron chi connectivity index (χ0n) is 18.5. The summed E-state index contributed by atoms with van der Waals surface area (Å²) in [5.41, 5.74) is 2.21. The molecule has 5 rings (SSSR count). The lowest BCUT2D eigenvalue weighted by molar-refractivity contribution is 0.0979. The van der Waals surface area contributed by atoms with Crippen LogP contribution in [0.5, 0.6) is 0 Å². The van der Waals surface area contributed by atoms with Gasteiger partial charge in [0.05, 0.1) is 38.4 Å². The second-order valence-electron chi connectivity index (χ2n) is 8.08. The Morgan fingerprint density at radius 2 is 1.56 bits per heavy atom. The predicted octanol–water partition coefficient (Wildman–Crippen LogP) is 7.23. The van der Waals surface area contributed by atoms with E-state index in [1.807, 2.05) is 6.07 Å². The highest BCUT2D eigenvalue weighted by molar-refractivity contribution is 7.85. The molecule has 2 amide bonds. The Morgan fingerprint density at radius 1 is 0.806 bits per heavy atom. The third kappa shape index (κ3) is 4.90. The zero-order valence-corrected chi connectivity index (χ0v) is 21.6. The Balaban J connectivity index is 1.59. The highest BCUT2D eigenvalue weighted by Crippen LogP contribution is 2.36. The molecule has 1 aliphatic rings. The van der Waals surface area contributed by atoms with Gasteiger partial charge in [0, 0.05) is 26.3 Å². The van der Waals surface area contributed by atoms with Crippen molar-refractivity contribution in [1.82, 2.24) is 0 Å². The third-order valence-electron chi connectivity index (χ3n) is 5.62. The molecule has 0 bridgehead atoms. The standard InChI is InChI=1S/C27H17Cl3N2O3S/c28-18-5-3-4-16(10-18)15-32-23-11-17(26(33)31-21-13-19(29)12-20(30)14-21)8-9-25(23)36(35)24-7-2-1-6-22(24)27(32)34/h1-14H,15H2,(H,31,33)/t36-/m1/s1. The highest BCUT2D eigenvalue weighted by atomic mass is 35.5. The van der Waals surface area contributed by atoms with Crippen LogP contribution in [0.1, 0.15) is 26.3 Å². The number of amides is 2. The molecule has 1 aliphatic heterocycles. The monoisotopic (exact) mass is 554 g/mol. The van der Waals surface area contributed by atoms with Crippen LogP contribution in [0.2, 0.25) is 15.1 Å². The van der Waals surface area contributed by atoms with Crippen molar-refractivity contribution in [2.75, 3.05) is 10.2 Å². The van der Waals surface area contributed by atoms with Gasteiger partial charge in [-0.15, -0.1) is 0 Å². The fourth-order valence-corrected chi connectivity index (χ4v) is 6.09. The van der Waals surface area contributed by atoms with Crippen LogP contribution in [0.15, 0.2) is 94.7 Å². The number of carbonyl (C=O) groups excluding carboxylic acids is 2. The van der Waals surface area contributed by atoms with Gasteiger partial charge in [-0.3, -0.25) is 9.59 Å². The van der Waals surface area contributed by atoms with E-state index in [0.717, 1.165) is 5.56 Å². The molecule has 0 spiro atoms. The lowest BCUT2D eigenvalue weighted by Crippen LogP contribution is -2.30. The summed E-state index contributed by atoms with van der Waals surface area (Å²) in [4.78, 5) is 29.2. The second kappa shape index (κ2) is 10.1. The second-order valence-corrected chi connectivity index (χ2v) is 10.8. The van der Waals surface area contributed by atoms with Crippen LogP contribution in [0.25, 0.3) is 0 Å². The quantitative estimate of drug-likeness (QED) is 0.289. The van der Waals surface area contributed by atoms with E-state index in [1.54, 1.807) is 78.9 Å². The Labute approximate surface area is 225 Å². The smallest absolute Gasteiger partial charge is 0.259 e. The van der Waals surface area contributed by atoms with Crippen LogP contribution in [0.4, 0.5) is 11.4 Å². The summed E-state index contributed by atoms with van der Waals surface area (Å²) < 4.78 is 13.6. The minimum atomic E-state index is -1.63. The number of nitrogens with zero attached hydrogens (tertiary/aromatic N) is 1. The van der Waals surface area contributed by atoms with Crippen LogP contribution in [0.3, 0.4) is 0 Å². The van der Waals surface area contributed by atoms with Crippen LogP contribution in [0, 0.1) is 0 Å². The Bertz CT molecular complexity index is 1540. The number of hydrogen-bond acceptors (Lipinski definition) is 3. The molecule has 180 valence electrons. The summed E-state index contributed by atoms with van der Waals surface area (Å²) in [6, 6.07) is 23.5.